The fourth-order valence-corrected chi connectivity index (χ4v) is 0.973. The van der Waals surface area contributed by atoms with Gasteiger partial charge in [-0.2, -0.15) is 0 Å². The molecule has 76 valence electrons. The monoisotopic (exact) mass is 199 g/mol. The molecule has 5 heteroatoms. The maximum absolute atomic E-state index is 13.2. The first-order valence-corrected chi connectivity index (χ1v) is 4.05. The number of pyridine rings is 1. The topological polar surface area (TPSA) is 48.4 Å². The molecule has 1 aromatic heterocycles. The van der Waals surface area contributed by atoms with Crippen molar-refractivity contribution in [1.82, 2.24) is 4.98 Å². The van der Waals surface area contributed by atoms with Gasteiger partial charge in [-0.15, -0.1) is 0 Å². The third kappa shape index (κ3) is 1.99. The highest BCUT2D eigenvalue weighted by atomic mass is 19.1. The summed E-state index contributed by atoms with van der Waals surface area (Å²) in [7, 11) is 1.33. The van der Waals surface area contributed by atoms with E-state index in [0.29, 0.717) is 0 Å². The van der Waals surface area contributed by atoms with Crippen molar-refractivity contribution in [2.75, 3.05) is 13.7 Å². The van der Waals surface area contributed by atoms with Crippen molar-refractivity contribution in [2.24, 2.45) is 0 Å². The summed E-state index contributed by atoms with van der Waals surface area (Å²) in [5.41, 5.74) is -0.218. The SMILES string of the molecule is CCOC(=O)c1c(F)cncc1OC. The fourth-order valence-electron chi connectivity index (χ4n) is 0.973. The Bertz CT molecular complexity index is 341. The van der Waals surface area contributed by atoms with Crippen LogP contribution in [0.2, 0.25) is 0 Å². The molecule has 0 saturated carbocycles. The standard InChI is InChI=1S/C9H10FNO3/c1-3-14-9(12)8-6(10)4-11-5-7(8)13-2/h4-5H,3H2,1-2H3. The summed E-state index contributed by atoms with van der Waals surface area (Å²) in [6.07, 6.45) is 2.20. The van der Waals surface area contributed by atoms with Crippen molar-refractivity contribution in [3.8, 4) is 5.75 Å². The summed E-state index contributed by atoms with van der Waals surface area (Å²) in [6, 6.07) is 0. The van der Waals surface area contributed by atoms with E-state index in [1.807, 2.05) is 0 Å². The highest BCUT2D eigenvalue weighted by Gasteiger charge is 2.18. The van der Waals surface area contributed by atoms with Crippen LogP contribution in [0.25, 0.3) is 0 Å². The van der Waals surface area contributed by atoms with Gasteiger partial charge in [0.2, 0.25) is 0 Å². The minimum atomic E-state index is -0.747. The summed E-state index contributed by atoms with van der Waals surface area (Å²) in [5.74, 6) is -1.42. The van der Waals surface area contributed by atoms with Crippen molar-refractivity contribution < 1.29 is 18.7 Å². The minimum Gasteiger partial charge on any atom is -0.494 e. The Morgan fingerprint density at radius 1 is 1.57 bits per heavy atom. The van der Waals surface area contributed by atoms with Crippen LogP contribution in [0.15, 0.2) is 12.4 Å². The van der Waals surface area contributed by atoms with Crippen molar-refractivity contribution in [2.45, 2.75) is 6.92 Å². The van der Waals surface area contributed by atoms with E-state index in [1.165, 1.54) is 13.3 Å². The number of rotatable bonds is 3. The first kappa shape index (κ1) is 10.4. The van der Waals surface area contributed by atoms with Crippen LogP contribution in [0.3, 0.4) is 0 Å². The van der Waals surface area contributed by atoms with Crippen LogP contribution < -0.4 is 4.74 Å². The molecule has 0 spiro atoms. The van der Waals surface area contributed by atoms with E-state index in [4.69, 9.17) is 4.74 Å². The van der Waals surface area contributed by atoms with E-state index in [1.54, 1.807) is 6.92 Å². The number of esters is 1. The van der Waals surface area contributed by atoms with Crippen LogP contribution >= 0.6 is 0 Å². The number of carbonyl (C=O) groups excluding carboxylic acids is 1. The number of hydrogen-bond acceptors (Lipinski definition) is 4. The van der Waals surface area contributed by atoms with Crippen LogP contribution in [0, 0.1) is 5.82 Å². The largest absolute Gasteiger partial charge is 0.494 e. The number of nitrogens with zero attached hydrogens (tertiary/aromatic N) is 1. The number of ether oxygens (including phenoxy) is 2. The van der Waals surface area contributed by atoms with Gasteiger partial charge in [0.15, 0.2) is 11.6 Å². The Kier molecular flexibility index (Phi) is 3.39. The van der Waals surface area contributed by atoms with Gasteiger partial charge >= 0.3 is 5.97 Å². The zero-order valence-electron chi connectivity index (χ0n) is 7.91. The van der Waals surface area contributed by atoms with E-state index >= 15 is 0 Å². The molecule has 0 aliphatic heterocycles. The normalized spacial score (nSPS) is 9.64. The highest BCUT2D eigenvalue weighted by Crippen LogP contribution is 2.20. The van der Waals surface area contributed by atoms with Gasteiger partial charge in [0.1, 0.15) is 5.56 Å². The molecule has 14 heavy (non-hydrogen) atoms. The average molecular weight is 199 g/mol. The molecule has 0 aliphatic rings. The Balaban J connectivity index is 3.10. The molecule has 0 atom stereocenters. The van der Waals surface area contributed by atoms with Crippen molar-refractivity contribution in [1.29, 1.82) is 0 Å². The lowest BCUT2D eigenvalue weighted by atomic mass is 10.2. The van der Waals surface area contributed by atoms with Gasteiger partial charge in [-0.3, -0.25) is 4.98 Å². The van der Waals surface area contributed by atoms with Gasteiger partial charge in [-0.1, -0.05) is 0 Å². The number of halogens is 1. The van der Waals surface area contributed by atoms with Gasteiger partial charge in [0.05, 0.1) is 26.1 Å². The number of hydrogen-bond donors (Lipinski definition) is 0. The molecule has 0 unspecified atom stereocenters. The predicted octanol–water partition coefficient (Wildman–Crippen LogP) is 1.41. The fraction of sp³-hybridized carbons (Fsp3) is 0.333. The molecular weight excluding hydrogens is 189 g/mol. The highest BCUT2D eigenvalue weighted by molar-refractivity contribution is 5.92. The molecule has 0 radical (unpaired) electrons. The Morgan fingerprint density at radius 2 is 2.29 bits per heavy atom. The van der Waals surface area contributed by atoms with Crippen molar-refractivity contribution in [3.05, 3.63) is 23.8 Å². The zero-order chi connectivity index (χ0) is 10.6. The Labute approximate surface area is 80.7 Å². The van der Waals surface area contributed by atoms with E-state index < -0.39 is 11.8 Å². The molecule has 0 amide bonds. The molecule has 0 bridgehead atoms. The van der Waals surface area contributed by atoms with Gasteiger partial charge in [0.25, 0.3) is 0 Å². The second-order valence-corrected chi connectivity index (χ2v) is 2.42. The molecule has 0 aliphatic carbocycles. The van der Waals surface area contributed by atoms with Gasteiger partial charge in [-0.25, -0.2) is 9.18 Å². The lowest BCUT2D eigenvalue weighted by Crippen LogP contribution is -2.09. The molecule has 0 saturated heterocycles. The smallest absolute Gasteiger partial charge is 0.345 e. The third-order valence-corrected chi connectivity index (χ3v) is 1.56. The number of methoxy groups -OCH3 is 1. The summed E-state index contributed by atoms with van der Waals surface area (Å²) in [5, 5.41) is 0. The lowest BCUT2D eigenvalue weighted by molar-refractivity contribution is 0.0517. The first-order chi connectivity index (χ1) is 6.70. The van der Waals surface area contributed by atoms with Crippen LogP contribution in [-0.2, 0) is 4.74 Å². The predicted molar refractivity (Wildman–Crippen MR) is 46.7 cm³/mol. The molecular formula is C9H10FNO3. The minimum absolute atomic E-state index is 0.0726. The van der Waals surface area contributed by atoms with Crippen LogP contribution in [0.5, 0.6) is 5.75 Å². The van der Waals surface area contributed by atoms with Crippen LogP contribution in [0.4, 0.5) is 4.39 Å². The van der Waals surface area contributed by atoms with Gasteiger partial charge < -0.3 is 9.47 Å². The molecule has 0 aromatic carbocycles. The van der Waals surface area contributed by atoms with E-state index in [0.717, 1.165) is 6.20 Å². The van der Waals surface area contributed by atoms with E-state index in [-0.39, 0.29) is 17.9 Å². The molecule has 4 nitrogen and oxygen atoms in total. The summed E-state index contributed by atoms with van der Waals surface area (Å²) >= 11 is 0. The Morgan fingerprint density at radius 3 is 2.86 bits per heavy atom. The van der Waals surface area contributed by atoms with Crippen molar-refractivity contribution in [3.63, 3.8) is 0 Å². The summed E-state index contributed by atoms with van der Waals surface area (Å²) in [4.78, 5) is 14.8. The average Bonchev–Trinajstić information content (AvgIpc) is 2.17. The zero-order valence-corrected chi connectivity index (χ0v) is 7.91. The third-order valence-electron chi connectivity index (χ3n) is 1.56. The van der Waals surface area contributed by atoms with Crippen LogP contribution in [0.1, 0.15) is 17.3 Å². The quantitative estimate of drug-likeness (QED) is 0.690. The number of aromatic nitrogens is 1. The van der Waals surface area contributed by atoms with Crippen LogP contribution in [-0.4, -0.2) is 24.7 Å². The first-order valence-electron chi connectivity index (χ1n) is 4.05. The molecule has 1 heterocycles. The molecule has 0 fully saturated rings. The van der Waals surface area contributed by atoms with Gasteiger partial charge in [-0.05, 0) is 6.92 Å². The second-order valence-electron chi connectivity index (χ2n) is 2.42. The second kappa shape index (κ2) is 4.55. The van der Waals surface area contributed by atoms with E-state index in [2.05, 4.69) is 9.72 Å². The maximum atomic E-state index is 13.2. The lowest BCUT2D eigenvalue weighted by Gasteiger charge is -2.07. The van der Waals surface area contributed by atoms with E-state index in [9.17, 15) is 9.18 Å². The maximum Gasteiger partial charge on any atom is 0.345 e. The summed E-state index contributed by atoms with van der Waals surface area (Å²) in [6.45, 7) is 1.83. The molecule has 0 N–H and O–H groups in total. The molecule has 1 rings (SSSR count). The number of carbonyl (C=O) groups is 1. The van der Waals surface area contributed by atoms with Crippen molar-refractivity contribution >= 4 is 5.97 Å². The van der Waals surface area contributed by atoms with Gasteiger partial charge in [0, 0.05) is 0 Å². The molecule has 1 aromatic rings. The Hall–Kier alpha value is -1.65. The summed E-state index contributed by atoms with van der Waals surface area (Å²) < 4.78 is 22.6.